The third-order valence-electron chi connectivity index (χ3n) is 2.80. The summed E-state index contributed by atoms with van der Waals surface area (Å²) in [7, 11) is 0. The van der Waals surface area contributed by atoms with Crippen molar-refractivity contribution in [2.24, 2.45) is 0 Å². The zero-order valence-corrected chi connectivity index (χ0v) is 14.1. The molecular weight excluding hydrogens is 353 g/mol. The number of hydrogen-bond donors (Lipinski definition) is 0. The van der Waals surface area contributed by atoms with E-state index in [1.807, 2.05) is 12.1 Å². The number of benzene rings is 2. The molecule has 0 amide bonds. The van der Waals surface area contributed by atoms with Crippen molar-refractivity contribution in [1.29, 1.82) is 0 Å². The third kappa shape index (κ3) is 6.06. The van der Waals surface area contributed by atoms with Crippen molar-refractivity contribution in [3.63, 3.8) is 0 Å². The Labute approximate surface area is 134 Å². The topological polar surface area (TPSA) is 52.4 Å². The van der Waals surface area contributed by atoms with Gasteiger partial charge < -0.3 is 0 Å². The molecule has 6 heteroatoms. The second kappa shape index (κ2) is 9.05. The molecule has 2 aromatic rings. The molecule has 4 nitrogen and oxygen atoms in total. The Morgan fingerprint density at radius 2 is 2.00 bits per heavy atom. The number of ether oxygens (including phenoxy) is 1. The van der Waals surface area contributed by atoms with Crippen molar-refractivity contribution < 1.29 is 9.66 Å². The van der Waals surface area contributed by atoms with Crippen molar-refractivity contribution in [1.82, 2.24) is 0 Å². The van der Waals surface area contributed by atoms with E-state index in [1.54, 1.807) is 11.8 Å². The average molecular weight is 370 g/mol. The normalized spacial score (nSPS) is 10.9. The second-order valence-electron chi connectivity index (χ2n) is 4.35. The Morgan fingerprint density at radius 1 is 1.19 bits per heavy atom. The van der Waals surface area contributed by atoms with E-state index in [4.69, 9.17) is 4.74 Å². The molecule has 2 rings (SSSR count). The Hall–Kier alpha value is -1.07. The van der Waals surface area contributed by atoms with Crippen LogP contribution in [0.3, 0.4) is 0 Å². The van der Waals surface area contributed by atoms with Crippen LogP contribution in [0.4, 0.5) is 0 Å². The molecule has 0 N–H and O–H groups in total. The molecule has 0 atom stereocenters. The van der Waals surface area contributed by atoms with Crippen LogP contribution in [0.15, 0.2) is 47.4 Å². The minimum absolute atomic E-state index is 0.0647. The quantitative estimate of drug-likeness (QED) is 0.223. The van der Waals surface area contributed by atoms with Gasteiger partial charge in [-0.15, -0.1) is 0 Å². The van der Waals surface area contributed by atoms with Crippen molar-refractivity contribution in [3.8, 4) is 0 Å². The van der Waals surface area contributed by atoms with Crippen molar-refractivity contribution in [3.05, 3.63) is 52.6 Å². The molecule has 0 saturated carbocycles. The standard InChI is InChI=1S/C15H17NO3SSe/c17-16(18)7-10-21-12-19-8-9-20-15-6-5-13-3-1-2-4-14(13)11-15/h1-6,11H,7-10,12H2. The van der Waals surface area contributed by atoms with Crippen LogP contribution in [0.2, 0.25) is 5.32 Å². The average Bonchev–Trinajstić information content (AvgIpc) is 2.49. The third-order valence-corrected chi connectivity index (χ3v) is 5.45. The molecule has 0 aliphatic rings. The van der Waals surface area contributed by atoms with Gasteiger partial charge in [-0.3, -0.25) is 0 Å². The van der Waals surface area contributed by atoms with Crippen molar-refractivity contribution in [2.45, 2.75) is 10.2 Å². The summed E-state index contributed by atoms with van der Waals surface area (Å²) < 4.78 is 5.51. The molecule has 0 bridgehead atoms. The summed E-state index contributed by atoms with van der Waals surface area (Å²) in [5, 5.41) is 13.3. The number of fused-ring (bicyclic) bond motifs is 1. The van der Waals surface area contributed by atoms with E-state index in [2.05, 4.69) is 30.3 Å². The molecule has 0 heterocycles. The molecule has 0 saturated heterocycles. The minimum atomic E-state index is -0.267. The first-order valence-electron chi connectivity index (χ1n) is 6.64. The maximum atomic E-state index is 10.2. The molecule has 0 unspecified atom stereocenters. The van der Waals surface area contributed by atoms with Crippen LogP contribution in [0, 0.1) is 10.1 Å². The predicted molar refractivity (Wildman–Crippen MR) is 87.9 cm³/mol. The molecule has 0 spiro atoms. The fourth-order valence-corrected chi connectivity index (χ4v) is 3.93. The molecule has 0 fully saturated rings. The van der Waals surface area contributed by atoms with Crippen LogP contribution in [0.25, 0.3) is 10.8 Å². The molecular formula is C15H17NO3SSe. The number of nitro groups is 1. The molecule has 0 aliphatic heterocycles. The fourth-order valence-electron chi connectivity index (χ4n) is 1.79. The molecule has 0 aliphatic carbocycles. The van der Waals surface area contributed by atoms with Crippen LogP contribution >= 0.6 is 11.8 Å². The van der Waals surface area contributed by atoms with Gasteiger partial charge in [-0.1, -0.05) is 0 Å². The van der Waals surface area contributed by atoms with Crippen LogP contribution < -0.4 is 0 Å². The molecule has 0 radical (unpaired) electrons. The van der Waals surface area contributed by atoms with E-state index >= 15 is 0 Å². The summed E-state index contributed by atoms with van der Waals surface area (Å²) in [5.41, 5.74) is 0.666. The van der Waals surface area contributed by atoms with E-state index in [-0.39, 0.29) is 26.4 Å². The van der Waals surface area contributed by atoms with E-state index in [1.165, 1.54) is 15.7 Å². The van der Waals surface area contributed by atoms with Gasteiger partial charge in [0.05, 0.1) is 0 Å². The SMILES string of the molecule is O=[N+]([O-])CC[Se]COCCSc1ccc2ccccc2c1. The summed E-state index contributed by atoms with van der Waals surface area (Å²) in [6.07, 6.45) is 0. The number of nitrogens with zero attached hydrogens (tertiary/aromatic N) is 1. The number of hydrogen-bond acceptors (Lipinski definition) is 4. The zero-order valence-electron chi connectivity index (χ0n) is 11.6. The predicted octanol–water partition coefficient (Wildman–Crippen LogP) is 3.31. The first-order chi connectivity index (χ1) is 10.3. The first-order valence-corrected chi connectivity index (χ1v) is 10.1. The first kappa shape index (κ1) is 16.3. The fraction of sp³-hybridized carbons (Fsp3) is 0.333. The zero-order chi connectivity index (χ0) is 14.9. The van der Waals surface area contributed by atoms with Gasteiger partial charge in [0, 0.05) is 0 Å². The van der Waals surface area contributed by atoms with Crippen LogP contribution in [-0.4, -0.2) is 44.3 Å². The summed E-state index contributed by atoms with van der Waals surface area (Å²) >= 11 is 2.00. The van der Waals surface area contributed by atoms with Crippen LogP contribution in [-0.2, 0) is 4.74 Å². The Bertz CT molecular complexity index is 594. The Balaban J connectivity index is 1.62. The maximum absolute atomic E-state index is 10.2. The molecule has 2 aromatic carbocycles. The number of rotatable bonds is 9. The van der Waals surface area contributed by atoms with E-state index < -0.39 is 0 Å². The molecule has 21 heavy (non-hydrogen) atoms. The van der Waals surface area contributed by atoms with Gasteiger partial charge in [0.25, 0.3) is 0 Å². The van der Waals surface area contributed by atoms with Crippen molar-refractivity contribution in [2.75, 3.05) is 24.4 Å². The number of thioether (sulfide) groups is 1. The molecule has 112 valence electrons. The summed E-state index contributed by atoms with van der Waals surface area (Å²) in [6.45, 7) is 0.757. The summed E-state index contributed by atoms with van der Waals surface area (Å²) in [5.74, 6) is 0.906. The van der Waals surface area contributed by atoms with E-state index in [0.717, 1.165) is 5.75 Å². The molecule has 0 aromatic heterocycles. The van der Waals surface area contributed by atoms with Gasteiger partial charge in [-0.05, 0) is 0 Å². The summed E-state index contributed by atoms with van der Waals surface area (Å²) in [4.78, 5) is 11.1. The van der Waals surface area contributed by atoms with Gasteiger partial charge in [0.15, 0.2) is 0 Å². The van der Waals surface area contributed by atoms with Crippen LogP contribution in [0.5, 0.6) is 0 Å². The van der Waals surface area contributed by atoms with E-state index in [9.17, 15) is 10.1 Å². The van der Waals surface area contributed by atoms with Gasteiger partial charge in [-0.2, -0.15) is 0 Å². The van der Waals surface area contributed by atoms with E-state index in [0.29, 0.717) is 17.4 Å². The van der Waals surface area contributed by atoms with Gasteiger partial charge in [-0.25, -0.2) is 0 Å². The Morgan fingerprint density at radius 3 is 2.81 bits per heavy atom. The van der Waals surface area contributed by atoms with Crippen molar-refractivity contribution >= 4 is 37.5 Å². The van der Waals surface area contributed by atoms with Crippen LogP contribution in [0.1, 0.15) is 0 Å². The van der Waals surface area contributed by atoms with Gasteiger partial charge in [0.1, 0.15) is 0 Å². The summed E-state index contributed by atoms with van der Waals surface area (Å²) in [6, 6.07) is 14.8. The monoisotopic (exact) mass is 371 g/mol. The van der Waals surface area contributed by atoms with Gasteiger partial charge >= 0.3 is 134 Å². The second-order valence-corrected chi connectivity index (χ2v) is 7.72. The van der Waals surface area contributed by atoms with Gasteiger partial charge in [0.2, 0.25) is 0 Å². The Kier molecular flexibility index (Phi) is 7.03.